The summed E-state index contributed by atoms with van der Waals surface area (Å²) in [5.41, 5.74) is 1.16. The maximum Gasteiger partial charge on any atom is 0.130 e. The lowest BCUT2D eigenvalue weighted by Gasteiger charge is -2.08. The van der Waals surface area contributed by atoms with Crippen LogP contribution in [0, 0.1) is 0 Å². The summed E-state index contributed by atoms with van der Waals surface area (Å²) in [4.78, 5) is 0. The Bertz CT molecular complexity index is 523. The molecule has 0 spiro atoms. The molecule has 94 valence electrons. The van der Waals surface area contributed by atoms with E-state index in [0.717, 1.165) is 17.9 Å². The average molecular weight is 282 g/mol. The summed E-state index contributed by atoms with van der Waals surface area (Å²) in [5, 5.41) is 4.21. The second kappa shape index (κ2) is 6.10. The van der Waals surface area contributed by atoms with E-state index in [1.165, 1.54) is 0 Å². The largest absolute Gasteiger partial charge is 0.457 e. The Morgan fingerprint density at radius 1 is 1.00 bits per heavy atom. The average Bonchev–Trinajstić information content (AvgIpc) is 2.28. The molecule has 2 rings (SSSR count). The lowest BCUT2D eigenvalue weighted by molar-refractivity contribution is 0.482. The predicted octanol–water partition coefficient (Wildman–Crippen LogP) is 4.51. The van der Waals surface area contributed by atoms with Crippen molar-refractivity contribution >= 4 is 23.2 Å². The van der Waals surface area contributed by atoms with Gasteiger partial charge in [-0.1, -0.05) is 35.3 Å². The molecule has 0 unspecified atom stereocenters. The van der Waals surface area contributed by atoms with Gasteiger partial charge in [0.2, 0.25) is 0 Å². The molecule has 0 fully saturated rings. The Kier molecular flexibility index (Phi) is 4.48. The van der Waals surface area contributed by atoms with Gasteiger partial charge in [-0.15, -0.1) is 0 Å². The van der Waals surface area contributed by atoms with Gasteiger partial charge < -0.3 is 10.1 Å². The molecule has 0 saturated carbocycles. The Balaban J connectivity index is 2.20. The van der Waals surface area contributed by atoms with Gasteiger partial charge in [0.25, 0.3) is 0 Å². The monoisotopic (exact) mass is 281 g/mol. The molecule has 0 bridgehead atoms. The minimum atomic E-state index is 0.559. The summed E-state index contributed by atoms with van der Waals surface area (Å²) >= 11 is 11.8. The van der Waals surface area contributed by atoms with Crippen molar-refractivity contribution in [3.05, 3.63) is 58.1 Å². The first kappa shape index (κ1) is 13.2. The third-order valence-electron chi connectivity index (χ3n) is 2.35. The van der Waals surface area contributed by atoms with E-state index in [1.54, 1.807) is 18.2 Å². The number of rotatable bonds is 4. The summed E-state index contributed by atoms with van der Waals surface area (Å²) in [6.45, 7) is 0.799. The molecule has 2 nitrogen and oxygen atoms in total. The highest BCUT2D eigenvalue weighted by Crippen LogP contribution is 2.28. The molecule has 4 heteroatoms. The van der Waals surface area contributed by atoms with Crippen LogP contribution in [0.5, 0.6) is 11.5 Å². The van der Waals surface area contributed by atoms with Crippen molar-refractivity contribution in [3.8, 4) is 11.5 Å². The second-order valence-electron chi connectivity index (χ2n) is 3.88. The molecule has 0 saturated heterocycles. The maximum absolute atomic E-state index is 5.92. The number of ether oxygens (including phenoxy) is 1. The molecule has 18 heavy (non-hydrogen) atoms. The van der Waals surface area contributed by atoms with Gasteiger partial charge in [-0.3, -0.25) is 0 Å². The number of nitrogens with one attached hydrogen (secondary N) is 1. The smallest absolute Gasteiger partial charge is 0.130 e. The van der Waals surface area contributed by atoms with Gasteiger partial charge in [-0.05, 0) is 42.9 Å². The molecule has 2 aromatic rings. The standard InChI is InChI=1S/C14H13Cl2NO/c1-17-9-10-3-2-4-13(5-10)18-14-7-11(15)6-12(16)8-14/h2-8,17H,9H2,1H3. The Hall–Kier alpha value is -1.22. The molecule has 0 aliphatic heterocycles. The topological polar surface area (TPSA) is 21.3 Å². The summed E-state index contributed by atoms with van der Waals surface area (Å²) < 4.78 is 5.73. The molecule has 0 heterocycles. The van der Waals surface area contributed by atoms with Crippen molar-refractivity contribution in [1.29, 1.82) is 0 Å². The first-order chi connectivity index (χ1) is 8.67. The van der Waals surface area contributed by atoms with Crippen molar-refractivity contribution in [3.63, 3.8) is 0 Å². The summed E-state index contributed by atoms with van der Waals surface area (Å²) in [5.74, 6) is 1.40. The molecule has 0 aromatic heterocycles. The van der Waals surface area contributed by atoms with Crippen molar-refractivity contribution in [2.75, 3.05) is 7.05 Å². The number of hydrogen-bond acceptors (Lipinski definition) is 2. The van der Waals surface area contributed by atoms with E-state index in [0.29, 0.717) is 15.8 Å². The highest BCUT2D eigenvalue weighted by molar-refractivity contribution is 6.34. The van der Waals surface area contributed by atoms with Gasteiger partial charge in [0, 0.05) is 16.6 Å². The quantitative estimate of drug-likeness (QED) is 0.891. The zero-order chi connectivity index (χ0) is 13.0. The van der Waals surface area contributed by atoms with Crippen molar-refractivity contribution in [2.24, 2.45) is 0 Å². The lowest BCUT2D eigenvalue weighted by atomic mass is 10.2. The molecule has 1 N–H and O–H groups in total. The molecular weight excluding hydrogens is 269 g/mol. The zero-order valence-corrected chi connectivity index (χ0v) is 11.4. The molecule has 0 amide bonds. The van der Waals surface area contributed by atoms with Crippen LogP contribution in [0.25, 0.3) is 0 Å². The minimum absolute atomic E-state index is 0.559. The molecule has 0 aliphatic carbocycles. The van der Waals surface area contributed by atoms with Crippen LogP contribution in [0.1, 0.15) is 5.56 Å². The van der Waals surface area contributed by atoms with E-state index >= 15 is 0 Å². The van der Waals surface area contributed by atoms with Crippen LogP contribution in [0.15, 0.2) is 42.5 Å². The first-order valence-electron chi connectivity index (χ1n) is 5.55. The fraction of sp³-hybridized carbons (Fsp3) is 0.143. The van der Waals surface area contributed by atoms with Crippen LogP contribution in [-0.2, 0) is 6.54 Å². The van der Waals surface area contributed by atoms with Crippen LogP contribution in [0.2, 0.25) is 10.0 Å². The fourth-order valence-corrected chi connectivity index (χ4v) is 2.15. The SMILES string of the molecule is CNCc1cccc(Oc2cc(Cl)cc(Cl)c2)c1. The summed E-state index contributed by atoms with van der Waals surface area (Å²) in [6, 6.07) is 13.0. The highest BCUT2D eigenvalue weighted by Gasteiger charge is 2.02. The fourth-order valence-electron chi connectivity index (χ4n) is 1.65. The number of halogens is 2. The van der Waals surface area contributed by atoms with Gasteiger partial charge in [0.05, 0.1) is 0 Å². The Morgan fingerprint density at radius 2 is 1.72 bits per heavy atom. The van der Waals surface area contributed by atoms with Crippen molar-refractivity contribution < 1.29 is 4.74 Å². The molecule has 0 radical (unpaired) electrons. The van der Waals surface area contributed by atoms with Crippen LogP contribution in [0.4, 0.5) is 0 Å². The first-order valence-corrected chi connectivity index (χ1v) is 6.30. The van der Waals surface area contributed by atoms with Gasteiger partial charge in [-0.2, -0.15) is 0 Å². The summed E-state index contributed by atoms with van der Waals surface area (Å²) in [6.07, 6.45) is 0. The van der Waals surface area contributed by atoms with Crippen LogP contribution >= 0.6 is 23.2 Å². The van der Waals surface area contributed by atoms with E-state index < -0.39 is 0 Å². The van der Waals surface area contributed by atoms with E-state index in [-0.39, 0.29) is 0 Å². The number of hydrogen-bond donors (Lipinski definition) is 1. The zero-order valence-electron chi connectivity index (χ0n) is 9.91. The minimum Gasteiger partial charge on any atom is -0.457 e. The van der Waals surface area contributed by atoms with E-state index in [9.17, 15) is 0 Å². The van der Waals surface area contributed by atoms with Crippen LogP contribution in [0.3, 0.4) is 0 Å². The maximum atomic E-state index is 5.92. The molecule has 0 atom stereocenters. The van der Waals surface area contributed by atoms with Gasteiger partial charge in [-0.25, -0.2) is 0 Å². The van der Waals surface area contributed by atoms with E-state index in [1.807, 2.05) is 31.3 Å². The highest BCUT2D eigenvalue weighted by atomic mass is 35.5. The third-order valence-corrected chi connectivity index (χ3v) is 2.79. The summed E-state index contributed by atoms with van der Waals surface area (Å²) in [7, 11) is 1.91. The van der Waals surface area contributed by atoms with Gasteiger partial charge in [0.1, 0.15) is 11.5 Å². The number of benzene rings is 2. The van der Waals surface area contributed by atoms with Gasteiger partial charge >= 0.3 is 0 Å². The van der Waals surface area contributed by atoms with Crippen LogP contribution in [-0.4, -0.2) is 7.05 Å². The normalized spacial score (nSPS) is 10.4. The van der Waals surface area contributed by atoms with Crippen molar-refractivity contribution in [1.82, 2.24) is 5.32 Å². The second-order valence-corrected chi connectivity index (χ2v) is 4.76. The predicted molar refractivity (Wildman–Crippen MR) is 75.7 cm³/mol. The molecular formula is C14H13Cl2NO. The van der Waals surface area contributed by atoms with E-state index in [4.69, 9.17) is 27.9 Å². The molecule has 2 aromatic carbocycles. The van der Waals surface area contributed by atoms with Gasteiger partial charge in [0.15, 0.2) is 0 Å². The van der Waals surface area contributed by atoms with Crippen molar-refractivity contribution in [2.45, 2.75) is 6.54 Å². The van der Waals surface area contributed by atoms with Crippen LogP contribution < -0.4 is 10.1 Å². The Morgan fingerprint density at radius 3 is 2.39 bits per heavy atom. The third kappa shape index (κ3) is 3.64. The van der Waals surface area contributed by atoms with E-state index in [2.05, 4.69) is 5.32 Å². The molecule has 0 aliphatic rings. The lowest BCUT2D eigenvalue weighted by Crippen LogP contribution is -2.04. The Labute approximate surface area is 116 Å².